The van der Waals surface area contributed by atoms with E-state index in [0.29, 0.717) is 12.6 Å². The predicted molar refractivity (Wildman–Crippen MR) is 80.7 cm³/mol. The molecule has 0 aliphatic heterocycles. The minimum absolute atomic E-state index is 0. The highest BCUT2D eigenvalue weighted by Gasteiger charge is 2.12. The third-order valence-corrected chi connectivity index (χ3v) is 2.94. The lowest BCUT2D eigenvalue weighted by molar-refractivity contribution is 0.228. The Morgan fingerprint density at radius 3 is 2.47 bits per heavy atom. The van der Waals surface area contributed by atoms with Gasteiger partial charge in [-0.05, 0) is 31.2 Å². The number of hydrogen-bond acceptors (Lipinski definition) is 2. The fraction of sp³-hybridized carbons (Fsp3) is 0.500. The molecular weight excluding hydrogens is 279 g/mol. The van der Waals surface area contributed by atoms with E-state index in [-0.39, 0.29) is 24.8 Å². The summed E-state index contributed by atoms with van der Waals surface area (Å²) >= 11 is 5.97. The smallest absolute Gasteiger partial charge is 0.0409 e. The Morgan fingerprint density at radius 2 is 2.00 bits per heavy atom. The van der Waals surface area contributed by atoms with Crippen molar-refractivity contribution in [3.05, 3.63) is 34.9 Å². The molecule has 17 heavy (non-hydrogen) atoms. The van der Waals surface area contributed by atoms with Gasteiger partial charge in [0, 0.05) is 24.2 Å². The molecule has 1 rings (SSSR count). The highest BCUT2D eigenvalue weighted by atomic mass is 35.5. The standard InChI is InChI=1S/C12H19ClN2.2ClH/c1-3-15(8-7-14)10(2)11-5-4-6-12(13)9-11;;/h4-6,9-10H,3,7-8,14H2,1-2H3;2*1H/t10-;;/m0../s1. The third kappa shape index (κ3) is 5.94. The van der Waals surface area contributed by atoms with Crippen LogP contribution in [0.2, 0.25) is 5.02 Å². The molecule has 0 radical (unpaired) electrons. The molecule has 0 saturated carbocycles. The number of likely N-dealkylation sites (N-methyl/N-ethyl adjacent to an activating group) is 1. The van der Waals surface area contributed by atoms with Crippen molar-refractivity contribution in [3.8, 4) is 0 Å². The van der Waals surface area contributed by atoms with E-state index < -0.39 is 0 Å². The van der Waals surface area contributed by atoms with E-state index >= 15 is 0 Å². The van der Waals surface area contributed by atoms with Gasteiger partial charge in [0.15, 0.2) is 0 Å². The molecule has 2 nitrogen and oxygen atoms in total. The van der Waals surface area contributed by atoms with Crippen molar-refractivity contribution in [1.82, 2.24) is 4.90 Å². The molecule has 1 aromatic rings. The Labute approximate surface area is 121 Å². The first-order valence-electron chi connectivity index (χ1n) is 5.38. The van der Waals surface area contributed by atoms with E-state index in [1.807, 2.05) is 18.2 Å². The molecule has 0 unspecified atom stereocenters. The summed E-state index contributed by atoms with van der Waals surface area (Å²) in [6.45, 7) is 6.95. The molecule has 0 aliphatic rings. The zero-order chi connectivity index (χ0) is 11.3. The first kappa shape index (κ1) is 19.4. The highest BCUT2D eigenvalue weighted by Crippen LogP contribution is 2.22. The molecular formula is C12H21Cl3N2. The largest absolute Gasteiger partial charge is 0.329 e. The van der Waals surface area contributed by atoms with Gasteiger partial charge in [-0.3, -0.25) is 4.90 Å². The van der Waals surface area contributed by atoms with E-state index in [2.05, 4.69) is 24.8 Å². The minimum atomic E-state index is 0. The lowest BCUT2D eigenvalue weighted by atomic mass is 10.1. The average molecular weight is 300 g/mol. The summed E-state index contributed by atoms with van der Waals surface area (Å²) in [5, 5.41) is 0.795. The van der Waals surface area contributed by atoms with Crippen LogP contribution >= 0.6 is 36.4 Å². The molecule has 0 fully saturated rings. The van der Waals surface area contributed by atoms with Crippen molar-refractivity contribution >= 4 is 36.4 Å². The van der Waals surface area contributed by atoms with Crippen molar-refractivity contribution in [2.45, 2.75) is 19.9 Å². The summed E-state index contributed by atoms with van der Waals surface area (Å²) in [6.07, 6.45) is 0. The average Bonchev–Trinajstić information content (AvgIpc) is 2.25. The molecule has 0 aliphatic carbocycles. The lowest BCUT2D eigenvalue weighted by Gasteiger charge is -2.27. The van der Waals surface area contributed by atoms with E-state index in [1.54, 1.807) is 0 Å². The van der Waals surface area contributed by atoms with E-state index in [9.17, 15) is 0 Å². The van der Waals surface area contributed by atoms with Crippen LogP contribution in [0.25, 0.3) is 0 Å². The normalized spacial score (nSPS) is 11.6. The van der Waals surface area contributed by atoms with Gasteiger partial charge in [-0.15, -0.1) is 24.8 Å². The monoisotopic (exact) mass is 298 g/mol. The maximum Gasteiger partial charge on any atom is 0.0409 e. The summed E-state index contributed by atoms with van der Waals surface area (Å²) in [4.78, 5) is 2.34. The Kier molecular flexibility index (Phi) is 11.4. The summed E-state index contributed by atoms with van der Waals surface area (Å²) in [5.41, 5.74) is 6.83. The molecule has 1 atom stereocenters. The molecule has 0 saturated heterocycles. The fourth-order valence-corrected chi connectivity index (χ4v) is 1.97. The van der Waals surface area contributed by atoms with Crippen molar-refractivity contribution in [1.29, 1.82) is 0 Å². The Hall–Kier alpha value is 0.01000. The van der Waals surface area contributed by atoms with Crippen LogP contribution in [0, 0.1) is 0 Å². The van der Waals surface area contributed by atoms with Gasteiger partial charge in [0.25, 0.3) is 0 Å². The highest BCUT2D eigenvalue weighted by molar-refractivity contribution is 6.30. The van der Waals surface area contributed by atoms with E-state index in [0.717, 1.165) is 18.1 Å². The van der Waals surface area contributed by atoms with Gasteiger partial charge in [0.2, 0.25) is 0 Å². The van der Waals surface area contributed by atoms with Crippen LogP contribution in [0.4, 0.5) is 0 Å². The van der Waals surface area contributed by atoms with Gasteiger partial charge in [0.05, 0.1) is 0 Å². The first-order chi connectivity index (χ1) is 7.19. The molecule has 100 valence electrons. The second-order valence-electron chi connectivity index (χ2n) is 3.65. The van der Waals surface area contributed by atoms with Crippen molar-refractivity contribution in [2.75, 3.05) is 19.6 Å². The van der Waals surface area contributed by atoms with Crippen molar-refractivity contribution < 1.29 is 0 Å². The van der Waals surface area contributed by atoms with Crippen LogP contribution < -0.4 is 5.73 Å². The van der Waals surface area contributed by atoms with Crippen molar-refractivity contribution in [3.63, 3.8) is 0 Å². The van der Waals surface area contributed by atoms with Crippen LogP contribution in [0.3, 0.4) is 0 Å². The fourth-order valence-electron chi connectivity index (χ4n) is 1.77. The van der Waals surface area contributed by atoms with Gasteiger partial charge < -0.3 is 5.73 Å². The molecule has 0 amide bonds. The Balaban J connectivity index is 0. The zero-order valence-corrected chi connectivity index (χ0v) is 12.6. The molecule has 0 heterocycles. The SMILES string of the molecule is CCN(CCN)[C@@H](C)c1cccc(Cl)c1.Cl.Cl. The number of halogens is 3. The molecule has 0 spiro atoms. The zero-order valence-electron chi connectivity index (χ0n) is 10.2. The van der Waals surface area contributed by atoms with E-state index in [4.69, 9.17) is 17.3 Å². The molecule has 5 heteroatoms. The lowest BCUT2D eigenvalue weighted by Crippen LogP contribution is -2.31. The second-order valence-corrected chi connectivity index (χ2v) is 4.08. The maximum atomic E-state index is 5.97. The van der Waals surface area contributed by atoms with Gasteiger partial charge in [-0.1, -0.05) is 30.7 Å². The molecule has 0 aromatic heterocycles. The molecule has 1 aromatic carbocycles. The van der Waals surface area contributed by atoms with Crippen LogP contribution in [0.5, 0.6) is 0 Å². The number of hydrogen-bond donors (Lipinski definition) is 1. The molecule has 0 bridgehead atoms. The number of nitrogens with two attached hydrogens (primary N) is 1. The maximum absolute atomic E-state index is 5.97. The first-order valence-corrected chi connectivity index (χ1v) is 5.76. The summed E-state index contributed by atoms with van der Waals surface area (Å²) in [7, 11) is 0. The van der Waals surface area contributed by atoms with E-state index in [1.165, 1.54) is 5.56 Å². The van der Waals surface area contributed by atoms with Crippen molar-refractivity contribution in [2.24, 2.45) is 5.73 Å². The third-order valence-electron chi connectivity index (χ3n) is 2.70. The minimum Gasteiger partial charge on any atom is -0.329 e. The summed E-state index contributed by atoms with van der Waals surface area (Å²) in [5.74, 6) is 0. The Morgan fingerprint density at radius 1 is 1.35 bits per heavy atom. The van der Waals surface area contributed by atoms with Crippen LogP contribution in [-0.4, -0.2) is 24.5 Å². The summed E-state index contributed by atoms with van der Waals surface area (Å²) < 4.78 is 0. The topological polar surface area (TPSA) is 29.3 Å². The van der Waals surface area contributed by atoms with Crippen LogP contribution in [-0.2, 0) is 0 Å². The number of rotatable bonds is 5. The van der Waals surface area contributed by atoms with Crippen LogP contribution in [0.15, 0.2) is 24.3 Å². The summed E-state index contributed by atoms with van der Waals surface area (Å²) in [6, 6.07) is 8.39. The number of benzene rings is 1. The van der Waals surface area contributed by atoms with Gasteiger partial charge in [-0.2, -0.15) is 0 Å². The second kappa shape index (κ2) is 9.98. The predicted octanol–water partition coefficient (Wildman–Crippen LogP) is 3.53. The van der Waals surface area contributed by atoms with Gasteiger partial charge >= 0.3 is 0 Å². The Bertz CT molecular complexity index is 308. The van der Waals surface area contributed by atoms with Gasteiger partial charge in [-0.25, -0.2) is 0 Å². The number of nitrogens with zero attached hydrogens (tertiary/aromatic N) is 1. The van der Waals surface area contributed by atoms with Crippen LogP contribution in [0.1, 0.15) is 25.5 Å². The quantitative estimate of drug-likeness (QED) is 0.901. The molecule has 2 N–H and O–H groups in total. The van der Waals surface area contributed by atoms with Gasteiger partial charge in [0.1, 0.15) is 0 Å².